The van der Waals surface area contributed by atoms with E-state index in [9.17, 15) is 40.4 Å². The molecule has 7 unspecified atom stereocenters. The fraction of sp³-hybridized carbons (Fsp3) is 0.864. The van der Waals surface area contributed by atoms with Crippen molar-refractivity contribution in [2.45, 2.75) is 75.1 Å². The van der Waals surface area contributed by atoms with E-state index in [1.54, 1.807) is 0 Å². The Morgan fingerprint density at radius 2 is 1.74 bits per heavy atom. The van der Waals surface area contributed by atoms with Crippen LogP contribution in [0.25, 0.3) is 0 Å². The lowest BCUT2D eigenvalue weighted by Crippen LogP contribution is -2.46. The predicted octanol–water partition coefficient (Wildman–Crippen LogP) is 3.39. The number of fused-ring (bicyclic) bond motifs is 1. The number of esters is 2. The lowest BCUT2D eigenvalue weighted by Gasteiger charge is -2.31. The molecule has 3 saturated carbocycles. The van der Waals surface area contributed by atoms with Crippen LogP contribution in [0.15, 0.2) is 0 Å². The highest BCUT2D eigenvalue weighted by Gasteiger charge is 2.65. The van der Waals surface area contributed by atoms with E-state index in [1.807, 2.05) is 0 Å². The number of ether oxygens (including phenoxy) is 2. The average Bonchev–Trinajstić information content (AvgIpc) is 3.41. The van der Waals surface area contributed by atoms with E-state index >= 15 is 0 Å². The highest BCUT2D eigenvalue weighted by molar-refractivity contribution is 7.87. The molecule has 0 aromatic rings. The molecule has 0 amide bonds. The van der Waals surface area contributed by atoms with Crippen LogP contribution < -0.4 is 0 Å². The molecule has 1 N–H and O–H groups in total. The van der Waals surface area contributed by atoms with E-state index in [4.69, 9.17) is 14.0 Å². The quantitative estimate of drug-likeness (QED) is 0.198. The van der Waals surface area contributed by atoms with Crippen molar-refractivity contribution in [3.8, 4) is 0 Å². The van der Waals surface area contributed by atoms with Crippen LogP contribution in [0.5, 0.6) is 0 Å². The van der Waals surface area contributed by atoms with Gasteiger partial charge in [0.15, 0.2) is 0 Å². The Labute approximate surface area is 199 Å². The first-order chi connectivity index (χ1) is 16.2. The monoisotopic (exact) mass is 528 g/mol. The second kappa shape index (κ2) is 9.28. The largest absolute Gasteiger partial charge is 0.465 e. The normalized spacial score (nSPS) is 34.7. The average molecular weight is 529 g/mol. The second-order valence-electron chi connectivity index (χ2n) is 10.2. The molecule has 0 aromatic heterocycles. The Bertz CT molecular complexity index is 984. The van der Waals surface area contributed by atoms with Gasteiger partial charge in [0, 0.05) is 30.6 Å². The third kappa shape index (κ3) is 4.70. The molecule has 4 fully saturated rings. The Morgan fingerprint density at radius 1 is 1.09 bits per heavy atom. The van der Waals surface area contributed by atoms with Gasteiger partial charge in [-0.2, -0.15) is 26.0 Å². The van der Waals surface area contributed by atoms with Gasteiger partial charge in [0.2, 0.25) is 0 Å². The van der Waals surface area contributed by atoms with Gasteiger partial charge >= 0.3 is 33.2 Å². The maximum absolute atomic E-state index is 13.6. The van der Waals surface area contributed by atoms with Crippen molar-refractivity contribution < 1.29 is 54.4 Å². The minimum absolute atomic E-state index is 0.0690. The zero-order valence-electron chi connectivity index (χ0n) is 18.8. The minimum atomic E-state index is -6.32. The van der Waals surface area contributed by atoms with Crippen molar-refractivity contribution in [1.29, 1.82) is 0 Å². The van der Waals surface area contributed by atoms with Crippen LogP contribution in [0.4, 0.5) is 17.6 Å². The van der Waals surface area contributed by atoms with E-state index < -0.39 is 58.5 Å². The van der Waals surface area contributed by atoms with E-state index in [1.165, 1.54) is 0 Å². The zero-order chi connectivity index (χ0) is 25.8. The van der Waals surface area contributed by atoms with Crippen LogP contribution in [0.1, 0.15) is 57.8 Å². The van der Waals surface area contributed by atoms with Crippen LogP contribution in [-0.2, 0) is 34.0 Å². The van der Waals surface area contributed by atoms with Crippen molar-refractivity contribution in [3.05, 3.63) is 0 Å². The molecular formula is C22H28F4O8S. The van der Waals surface area contributed by atoms with Gasteiger partial charge in [-0.3, -0.25) is 18.9 Å². The standard InChI is InChI=1S/C22H28F4O8S/c23-21(24,22(25,26)35(30,31)32)6-3-7-33-19(28)13-5-2-1-4-12(13)17(27)10-14-11-8-15-16(9-11)20(29)34-18(14)15/h11-16,18H,1-10H2,(H,30,31,32). The van der Waals surface area contributed by atoms with E-state index in [2.05, 4.69) is 0 Å². The number of carbonyl (C=O) groups excluding carboxylic acids is 3. The molecule has 4 aliphatic rings. The van der Waals surface area contributed by atoms with Crippen molar-refractivity contribution in [2.75, 3.05) is 6.61 Å². The lowest BCUT2D eigenvalue weighted by molar-refractivity contribution is -0.169. The number of hydrogen-bond donors (Lipinski definition) is 1. The van der Waals surface area contributed by atoms with Crippen molar-refractivity contribution in [1.82, 2.24) is 0 Å². The second-order valence-corrected chi connectivity index (χ2v) is 11.7. The van der Waals surface area contributed by atoms with Crippen LogP contribution >= 0.6 is 0 Å². The molecule has 2 bridgehead atoms. The van der Waals surface area contributed by atoms with Crippen LogP contribution in [-0.4, -0.2) is 54.6 Å². The summed E-state index contributed by atoms with van der Waals surface area (Å²) >= 11 is 0. The number of hydrogen-bond acceptors (Lipinski definition) is 7. The molecule has 0 aromatic carbocycles. The van der Waals surface area contributed by atoms with Gasteiger partial charge in [-0.1, -0.05) is 12.8 Å². The fourth-order valence-corrected chi connectivity index (χ4v) is 6.93. The summed E-state index contributed by atoms with van der Waals surface area (Å²) in [5.41, 5.74) is 0. The van der Waals surface area contributed by atoms with Crippen molar-refractivity contribution in [2.24, 2.45) is 35.5 Å². The molecule has 0 radical (unpaired) electrons. The van der Waals surface area contributed by atoms with Gasteiger partial charge in [0.25, 0.3) is 0 Å². The van der Waals surface area contributed by atoms with Gasteiger partial charge in [-0.05, 0) is 38.0 Å². The number of alkyl halides is 4. The minimum Gasteiger partial charge on any atom is -0.465 e. The van der Waals surface area contributed by atoms with Gasteiger partial charge in [0.05, 0.1) is 18.4 Å². The van der Waals surface area contributed by atoms with Crippen LogP contribution in [0.3, 0.4) is 0 Å². The predicted molar refractivity (Wildman–Crippen MR) is 110 cm³/mol. The summed E-state index contributed by atoms with van der Waals surface area (Å²) in [5, 5.41) is -5.67. The van der Waals surface area contributed by atoms with E-state index in [0.717, 1.165) is 19.3 Å². The molecule has 35 heavy (non-hydrogen) atoms. The van der Waals surface area contributed by atoms with Gasteiger partial charge < -0.3 is 9.47 Å². The molecule has 0 spiro atoms. The first-order valence-electron chi connectivity index (χ1n) is 11.9. The summed E-state index contributed by atoms with van der Waals surface area (Å²) < 4.78 is 93.7. The molecule has 13 heteroatoms. The lowest BCUT2D eigenvalue weighted by atomic mass is 9.72. The Morgan fingerprint density at radius 3 is 2.40 bits per heavy atom. The Hall–Kier alpha value is -1.76. The van der Waals surface area contributed by atoms with E-state index in [-0.39, 0.29) is 47.9 Å². The topological polar surface area (TPSA) is 124 Å². The number of Topliss-reactive ketones (excluding diaryl/α,β-unsaturated/α-hetero) is 1. The first-order valence-corrected chi connectivity index (χ1v) is 13.3. The molecule has 3 aliphatic carbocycles. The zero-order valence-corrected chi connectivity index (χ0v) is 19.7. The molecule has 1 aliphatic heterocycles. The maximum Gasteiger partial charge on any atom is 0.431 e. The molecule has 1 saturated heterocycles. The fourth-order valence-electron chi connectivity index (χ4n) is 6.45. The third-order valence-electron chi connectivity index (χ3n) is 8.20. The summed E-state index contributed by atoms with van der Waals surface area (Å²) in [5.74, 6) is -7.31. The summed E-state index contributed by atoms with van der Waals surface area (Å²) in [4.78, 5) is 37.7. The molecule has 1 heterocycles. The van der Waals surface area contributed by atoms with E-state index in [0.29, 0.717) is 19.3 Å². The van der Waals surface area contributed by atoms with Crippen molar-refractivity contribution in [3.63, 3.8) is 0 Å². The number of rotatable bonds is 10. The van der Waals surface area contributed by atoms with Gasteiger partial charge in [-0.25, -0.2) is 0 Å². The molecule has 4 rings (SSSR count). The Balaban J connectivity index is 1.29. The molecular weight excluding hydrogens is 500 g/mol. The molecule has 7 atom stereocenters. The highest BCUT2D eigenvalue weighted by atomic mass is 32.2. The maximum atomic E-state index is 13.6. The van der Waals surface area contributed by atoms with Gasteiger partial charge in [0.1, 0.15) is 11.9 Å². The Kier molecular flexibility index (Phi) is 6.97. The molecule has 8 nitrogen and oxygen atoms in total. The molecule has 198 valence electrons. The van der Waals surface area contributed by atoms with Crippen molar-refractivity contribution >= 4 is 27.8 Å². The smallest absolute Gasteiger partial charge is 0.431 e. The van der Waals surface area contributed by atoms with Gasteiger partial charge in [-0.15, -0.1) is 0 Å². The van der Waals surface area contributed by atoms with Crippen LogP contribution in [0.2, 0.25) is 0 Å². The number of carbonyl (C=O) groups is 3. The summed E-state index contributed by atoms with van der Waals surface area (Å²) in [6.45, 7) is -0.667. The SMILES string of the molecule is O=C(CC1C2CC3C(=O)OC1C3C2)C1CCCCC1C(=O)OCCCC(F)(F)C(F)(F)S(=O)(=O)O. The third-order valence-corrected chi connectivity index (χ3v) is 9.15. The van der Waals surface area contributed by atoms with Crippen LogP contribution in [0, 0.1) is 35.5 Å². The summed E-state index contributed by atoms with van der Waals surface area (Å²) in [6.07, 6.45) is 1.33. The number of ketones is 1. The summed E-state index contributed by atoms with van der Waals surface area (Å²) in [6, 6.07) is 0. The number of halogens is 4. The first kappa shape index (κ1) is 26.3. The summed E-state index contributed by atoms with van der Waals surface area (Å²) in [7, 11) is -6.32. The highest BCUT2D eigenvalue weighted by Crippen LogP contribution is 2.58.